The van der Waals surface area contributed by atoms with Gasteiger partial charge < -0.3 is 5.11 Å². The molecule has 20 heavy (non-hydrogen) atoms. The molecule has 0 aliphatic carbocycles. The first-order valence-electron chi connectivity index (χ1n) is 6.42. The lowest BCUT2D eigenvalue weighted by Crippen LogP contribution is -2.04. The number of nitrogens with zero attached hydrogens (tertiary/aromatic N) is 1. The van der Waals surface area contributed by atoms with Crippen LogP contribution in [0.5, 0.6) is 0 Å². The highest BCUT2D eigenvalue weighted by atomic mass is 32.1. The number of halogens is 1. The molecule has 0 fully saturated rings. The van der Waals surface area contributed by atoms with Gasteiger partial charge in [0.25, 0.3) is 0 Å². The molecular formula is C16H14FNOS. The van der Waals surface area contributed by atoms with E-state index >= 15 is 0 Å². The van der Waals surface area contributed by atoms with Crippen LogP contribution in [0.25, 0.3) is 10.2 Å². The average Bonchev–Trinajstić information content (AvgIpc) is 2.80. The minimum atomic E-state index is -0.865. The average molecular weight is 287 g/mol. The van der Waals surface area contributed by atoms with Gasteiger partial charge in [0.15, 0.2) is 0 Å². The van der Waals surface area contributed by atoms with Crippen molar-refractivity contribution in [3.63, 3.8) is 0 Å². The van der Waals surface area contributed by atoms with E-state index < -0.39 is 6.10 Å². The molecule has 4 heteroatoms. The summed E-state index contributed by atoms with van der Waals surface area (Å²) < 4.78 is 14.9. The third-order valence-corrected chi connectivity index (χ3v) is 4.28. The summed E-state index contributed by atoms with van der Waals surface area (Å²) in [5.74, 6) is -0.362. The number of hydrogen-bond acceptors (Lipinski definition) is 3. The molecule has 3 aromatic rings. The van der Waals surface area contributed by atoms with Crippen LogP contribution in [-0.4, -0.2) is 10.1 Å². The standard InChI is InChI=1S/C16H14FNOS/c1-10-6-7-11(12(17)8-10)14(19)9-16-18-13-4-2-3-5-15(13)20-16/h2-8,14,19H,9H2,1H3. The van der Waals surface area contributed by atoms with Crippen LogP contribution in [0.1, 0.15) is 22.2 Å². The molecule has 1 aromatic heterocycles. The van der Waals surface area contributed by atoms with Crippen LogP contribution in [0.15, 0.2) is 42.5 Å². The second kappa shape index (κ2) is 5.31. The van der Waals surface area contributed by atoms with Gasteiger partial charge in [-0.3, -0.25) is 0 Å². The number of hydrogen-bond donors (Lipinski definition) is 1. The van der Waals surface area contributed by atoms with Crippen molar-refractivity contribution in [2.24, 2.45) is 0 Å². The van der Waals surface area contributed by atoms with Crippen molar-refractivity contribution in [2.75, 3.05) is 0 Å². The molecule has 1 N–H and O–H groups in total. The van der Waals surface area contributed by atoms with E-state index in [9.17, 15) is 9.50 Å². The lowest BCUT2D eigenvalue weighted by molar-refractivity contribution is 0.173. The SMILES string of the molecule is Cc1ccc(C(O)Cc2nc3ccccc3s2)c(F)c1. The molecule has 3 rings (SSSR count). The molecule has 1 atom stereocenters. The number of aliphatic hydroxyl groups is 1. The predicted molar refractivity (Wildman–Crippen MR) is 79.4 cm³/mol. The van der Waals surface area contributed by atoms with Crippen molar-refractivity contribution in [1.29, 1.82) is 0 Å². The van der Waals surface area contributed by atoms with Crippen LogP contribution < -0.4 is 0 Å². The molecule has 0 spiro atoms. The zero-order valence-corrected chi connectivity index (χ0v) is 11.8. The van der Waals surface area contributed by atoms with Crippen molar-refractivity contribution in [1.82, 2.24) is 4.98 Å². The summed E-state index contributed by atoms with van der Waals surface area (Å²) in [6.07, 6.45) is -0.532. The van der Waals surface area contributed by atoms with Crippen LogP contribution in [0.4, 0.5) is 4.39 Å². The fourth-order valence-corrected chi connectivity index (χ4v) is 3.19. The van der Waals surface area contributed by atoms with Gasteiger partial charge in [-0.05, 0) is 30.7 Å². The molecule has 1 heterocycles. The molecule has 0 radical (unpaired) electrons. The van der Waals surface area contributed by atoms with E-state index in [1.807, 2.05) is 31.2 Å². The van der Waals surface area contributed by atoms with E-state index in [1.165, 1.54) is 17.4 Å². The lowest BCUT2D eigenvalue weighted by atomic mass is 10.0. The molecule has 1 unspecified atom stereocenters. The Hall–Kier alpha value is -1.78. The fraction of sp³-hybridized carbons (Fsp3) is 0.188. The smallest absolute Gasteiger partial charge is 0.129 e. The molecule has 0 amide bonds. The maximum absolute atomic E-state index is 13.8. The van der Waals surface area contributed by atoms with Gasteiger partial charge in [0.1, 0.15) is 5.82 Å². The van der Waals surface area contributed by atoms with Crippen LogP contribution in [-0.2, 0) is 6.42 Å². The topological polar surface area (TPSA) is 33.1 Å². The summed E-state index contributed by atoms with van der Waals surface area (Å²) >= 11 is 1.54. The van der Waals surface area contributed by atoms with Gasteiger partial charge in [-0.2, -0.15) is 0 Å². The fourth-order valence-electron chi connectivity index (χ4n) is 2.19. The predicted octanol–water partition coefficient (Wildman–Crippen LogP) is 4.02. The Balaban J connectivity index is 1.86. The summed E-state index contributed by atoms with van der Waals surface area (Å²) in [6.45, 7) is 1.83. The van der Waals surface area contributed by atoms with Gasteiger partial charge in [0.2, 0.25) is 0 Å². The van der Waals surface area contributed by atoms with Gasteiger partial charge >= 0.3 is 0 Å². The molecule has 2 aromatic carbocycles. The first-order chi connectivity index (χ1) is 9.63. The van der Waals surface area contributed by atoms with Crippen LogP contribution in [0.3, 0.4) is 0 Å². The molecule has 0 aliphatic rings. The molecule has 0 aliphatic heterocycles. The first kappa shape index (κ1) is 13.2. The van der Waals surface area contributed by atoms with Gasteiger partial charge in [-0.15, -0.1) is 11.3 Å². The van der Waals surface area contributed by atoms with Gasteiger partial charge in [-0.25, -0.2) is 9.37 Å². The first-order valence-corrected chi connectivity index (χ1v) is 7.24. The summed E-state index contributed by atoms with van der Waals surface area (Å²) in [6, 6.07) is 12.7. The third-order valence-electron chi connectivity index (χ3n) is 3.22. The minimum absolute atomic E-state index is 0.329. The molecule has 102 valence electrons. The zero-order valence-electron chi connectivity index (χ0n) is 11.0. The summed E-state index contributed by atoms with van der Waals surface area (Å²) in [5, 5.41) is 11.0. The second-order valence-electron chi connectivity index (χ2n) is 4.82. The van der Waals surface area contributed by atoms with Crippen molar-refractivity contribution in [3.05, 3.63) is 64.4 Å². The van der Waals surface area contributed by atoms with E-state index in [1.54, 1.807) is 12.1 Å². The van der Waals surface area contributed by atoms with E-state index in [4.69, 9.17) is 0 Å². The Morgan fingerprint density at radius 3 is 2.80 bits per heavy atom. The number of aromatic nitrogens is 1. The number of rotatable bonds is 3. The normalized spacial score (nSPS) is 12.8. The minimum Gasteiger partial charge on any atom is -0.388 e. The Morgan fingerprint density at radius 2 is 2.05 bits per heavy atom. The number of para-hydroxylation sites is 1. The summed E-state index contributed by atoms with van der Waals surface area (Å²) in [4.78, 5) is 4.46. The van der Waals surface area contributed by atoms with Crippen LogP contribution >= 0.6 is 11.3 Å². The highest BCUT2D eigenvalue weighted by Gasteiger charge is 2.15. The van der Waals surface area contributed by atoms with Crippen molar-refractivity contribution in [2.45, 2.75) is 19.4 Å². The monoisotopic (exact) mass is 287 g/mol. The second-order valence-corrected chi connectivity index (χ2v) is 5.94. The number of thiazole rings is 1. The maximum atomic E-state index is 13.8. The van der Waals surface area contributed by atoms with Crippen LogP contribution in [0, 0.1) is 12.7 Å². The Kier molecular flexibility index (Phi) is 3.51. The van der Waals surface area contributed by atoms with Gasteiger partial charge in [-0.1, -0.05) is 24.3 Å². The number of aryl methyl sites for hydroxylation is 1. The quantitative estimate of drug-likeness (QED) is 0.789. The Labute approximate surface area is 120 Å². The van der Waals surface area contributed by atoms with Crippen LogP contribution in [0.2, 0.25) is 0 Å². The van der Waals surface area contributed by atoms with Crippen molar-refractivity contribution < 1.29 is 9.50 Å². The van der Waals surface area contributed by atoms with E-state index in [0.29, 0.717) is 12.0 Å². The number of benzene rings is 2. The Morgan fingerprint density at radius 1 is 1.25 bits per heavy atom. The highest BCUT2D eigenvalue weighted by molar-refractivity contribution is 7.18. The van der Waals surface area contributed by atoms with E-state index in [-0.39, 0.29) is 5.82 Å². The highest BCUT2D eigenvalue weighted by Crippen LogP contribution is 2.27. The summed E-state index contributed by atoms with van der Waals surface area (Å²) in [5.41, 5.74) is 2.09. The van der Waals surface area contributed by atoms with E-state index in [2.05, 4.69) is 4.98 Å². The van der Waals surface area contributed by atoms with Gasteiger partial charge in [0.05, 0.1) is 21.3 Å². The molecule has 2 nitrogen and oxygen atoms in total. The van der Waals surface area contributed by atoms with E-state index in [0.717, 1.165) is 20.8 Å². The maximum Gasteiger partial charge on any atom is 0.129 e. The van der Waals surface area contributed by atoms with Crippen molar-refractivity contribution >= 4 is 21.6 Å². The number of fused-ring (bicyclic) bond motifs is 1. The van der Waals surface area contributed by atoms with Crippen molar-refractivity contribution in [3.8, 4) is 0 Å². The molecule has 0 saturated carbocycles. The Bertz CT molecular complexity index is 720. The third kappa shape index (κ3) is 2.57. The lowest BCUT2D eigenvalue weighted by Gasteiger charge is -2.10. The molecule has 0 bridgehead atoms. The molecule has 0 saturated heterocycles. The molecular weight excluding hydrogens is 273 g/mol. The number of aliphatic hydroxyl groups excluding tert-OH is 1. The summed E-state index contributed by atoms with van der Waals surface area (Å²) in [7, 11) is 0. The largest absolute Gasteiger partial charge is 0.388 e. The van der Waals surface area contributed by atoms with Gasteiger partial charge in [0, 0.05) is 12.0 Å². The zero-order chi connectivity index (χ0) is 14.1.